The van der Waals surface area contributed by atoms with E-state index in [1.165, 1.54) is 0 Å². The Morgan fingerprint density at radius 2 is 1.89 bits per heavy atom. The molecule has 0 unspecified atom stereocenters. The molecule has 0 bridgehead atoms. The highest BCUT2D eigenvalue weighted by Crippen LogP contribution is 2.31. The van der Waals surface area contributed by atoms with Crippen LogP contribution in [-0.2, 0) is 6.54 Å². The Morgan fingerprint density at radius 3 is 2.63 bits per heavy atom. The van der Waals surface area contributed by atoms with Gasteiger partial charge in [0.2, 0.25) is 0 Å². The Labute approximate surface area is 118 Å². The molecule has 0 radical (unpaired) electrons. The summed E-state index contributed by atoms with van der Waals surface area (Å²) in [5.74, 6) is 0.870. The first-order valence-corrected chi connectivity index (χ1v) is 6.38. The van der Waals surface area contributed by atoms with Gasteiger partial charge in [-0.25, -0.2) is 0 Å². The van der Waals surface area contributed by atoms with Gasteiger partial charge >= 0.3 is 0 Å². The van der Waals surface area contributed by atoms with Gasteiger partial charge in [-0.05, 0) is 18.2 Å². The van der Waals surface area contributed by atoms with Crippen molar-refractivity contribution in [2.75, 3.05) is 24.8 Å². The van der Waals surface area contributed by atoms with Crippen LogP contribution in [0.1, 0.15) is 5.56 Å². The van der Waals surface area contributed by atoms with Crippen LogP contribution < -0.4 is 15.4 Å². The molecule has 0 aromatic heterocycles. The number of methoxy groups -OCH3 is 1. The van der Waals surface area contributed by atoms with Crippen LogP contribution in [-0.4, -0.2) is 14.2 Å². The number of rotatable bonds is 4. The fraction of sp³-hybridized carbons (Fsp3) is 0.200. The van der Waals surface area contributed by atoms with Crippen LogP contribution in [0, 0.1) is 0 Å². The zero-order chi connectivity index (χ0) is 13.8. The fourth-order valence-corrected chi connectivity index (χ4v) is 2.20. The molecule has 2 rings (SSSR count). The minimum atomic E-state index is 0.573. The molecule has 100 valence electrons. The zero-order valence-electron chi connectivity index (χ0n) is 11.1. The van der Waals surface area contributed by atoms with Crippen LogP contribution in [0.3, 0.4) is 0 Å². The summed E-state index contributed by atoms with van der Waals surface area (Å²) in [5, 5.41) is 0.573. The molecule has 0 heterocycles. The van der Waals surface area contributed by atoms with Crippen molar-refractivity contribution in [2.45, 2.75) is 6.54 Å². The molecule has 0 aliphatic rings. The zero-order valence-corrected chi connectivity index (χ0v) is 11.8. The number of benzene rings is 2. The van der Waals surface area contributed by atoms with E-state index in [9.17, 15) is 0 Å². The molecule has 0 saturated heterocycles. The highest BCUT2D eigenvalue weighted by Gasteiger charge is 2.10. The van der Waals surface area contributed by atoms with E-state index in [4.69, 9.17) is 22.1 Å². The molecule has 0 spiro atoms. The Hall–Kier alpha value is -1.87. The quantitative estimate of drug-likeness (QED) is 0.868. The second-order valence-electron chi connectivity index (χ2n) is 4.34. The lowest BCUT2D eigenvalue weighted by Crippen LogP contribution is -2.18. The molecule has 19 heavy (non-hydrogen) atoms. The maximum absolute atomic E-state index is 6.04. The molecule has 0 aliphatic carbocycles. The average molecular weight is 277 g/mol. The third-order valence-corrected chi connectivity index (χ3v) is 3.37. The van der Waals surface area contributed by atoms with Crippen LogP contribution in [0.5, 0.6) is 5.75 Å². The summed E-state index contributed by atoms with van der Waals surface area (Å²) < 4.78 is 5.35. The SMILES string of the molecule is COc1ccccc1CN(C)c1cccc(Cl)c1N. The van der Waals surface area contributed by atoms with Gasteiger partial charge in [-0.1, -0.05) is 35.9 Å². The molecule has 2 N–H and O–H groups in total. The summed E-state index contributed by atoms with van der Waals surface area (Å²) in [7, 11) is 3.65. The van der Waals surface area contributed by atoms with Crippen molar-refractivity contribution in [3.8, 4) is 5.75 Å². The first-order valence-electron chi connectivity index (χ1n) is 6.00. The van der Waals surface area contributed by atoms with Crippen LogP contribution in [0.2, 0.25) is 5.02 Å². The highest BCUT2D eigenvalue weighted by atomic mass is 35.5. The lowest BCUT2D eigenvalue weighted by atomic mass is 10.1. The standard InChI is InChI=1S/C15H17ClN2O/c1-18(13-8-5-7-12(16)15(13)17)10-11-6-3-4-9-14(11)19-2/h3-9H,10,17H2,1-2H3. The monoisotopic (exact) mass is 276 g/mol. The maximum atomic E-state index is 6.04. The summed E-state index contributed by atoms with van der Waals surface area (Å²) in [5.41, 5.74) is 8.62. The van der Waals surface area contributed by atoms with E-state index in [-0.39, 0.29) is 0 Å². The first kappa shape index (κ1) is 13.6. The van der Waals surface area contributed by atoms with E-state index in [0.29, 0.717) is 17.3 Å². The predicted molar refractivity (Wildman–Crippen MR) is 81.0 cm³/mol. The third kappa shape index (κ3) is 2.93. The number of halogens is 1. The molecule has 0 saturated carbocycles. The summed E-state index contributed by atoms with van der Waals surface area (Å²) >= 11 is 6.04. The molecule has 0 aliphatic heterocycles. The molecular formula is C15H17ClN2O. The highest BCUT2D eigenvalue weighted by molar-refractivity contribution is 6.33. The number of hydrogen-bond donors (Lipinski definition) is 1. The van der Waals surface area contributed by atoms with Crippen LogP contribution >= 0.6 is 11.6 Å². The van der Waals surface area contributed by atoms with Gasteiger partial charge < -0.3 is 15.4 Å². The van der Waals surface area contributed by atoms with Crippen molar-refractivity contribution in [1.29, 1.82) is 0 Å². The van der Waals surface area contributed by atoms with Gasteiger partial charge in [-0.15, -0.1) is 0 Å². The summed E-state index contributed by atoms with van der Waals surface area (Å²) in [6.45, 7) is 0.703. The van der Waals surface area contributed by atoms with E-state index in [0.717, 1.165) is 17.0 Å². The van der Waals surface area contributed by atoms with Crippen molar-refractivity contribution in [1.82, 2.24) is 0 Å². The number of nitrogens with zero attached hydrogens (tertiary/aromatic N) is 1. The van der Waals surface area contributed by atoms with Crippen LogP contribution in [0.15, 0.2) is 42.5 Å². The van der Waals surface area contributed by atoms with Gasteiger partial charge in [0.25, 0.3) is 0 Å². The Bertz CT molecular complexity index is 572. The van der Waals surface area contributed by atoms with Gasteiger partial charge in [-0.2, -0.15) is 0 Å². The van der Waals surface area contributed by atoms with Crippen molar-refractivity contribution in [3.05, 3.63) is 53.1 Å². The number of hydrogen-bond acceptors (Lipinski definition) is 3. The van der Waals surface area contributed by atoms with E-state index in [2.05, 4.69) is 4.90 Å². The molecular weight excluding hydrogens is 260 g/mol. The molecule has 0 atom stereocenters. The number of anilines is 2. The minimum Gasteiger partial charge on any atom is -0.496 e. The van der Waals surface area contributed by atoms with Gasteiger partial charge in [0, 0.05) is 19.2 Å². The normalized spacial score (nSPS) is 10.3. The number of para-hydroxylation sites is 2. The van der Waals surface area contributed by atoms with Crippen molar-refractivity contribution >= 4 is 23.0 Å². The molecule has 3 nitrogen and oxygen atoms in total. The number of nitrogens with two attached hydrogens (primary N) is 1. The van der Waals surface area contributed by atoms with Gasteiger partial charge in [0.15, 0.2) is 0 Å². The smallest absolute Gasteiger partial charge is 0.123 e. The second kappa shape index (κ2) is 5.85. The summed E-state index contributed by atoms with van der Waals surface area (Å²) in [6, 6.07) is 13.6. The Balaban J connectivity index is 2.26. The van der Waals surface area contributed by atoms with Gasteiger partial charge in [-0.3, -0.25) is 0 Å². The minimum absolute atomic E-state index is 0.573. The Kier molecular flexibility index (Phi) is 4.17. The number of ether oxygens (including phenoxy) is 1. The maximum Gasteiger partial charge on any atom is 0.123 e. The van der Waals surface area contributed by atoms with Crippen molar-refractivity contribution in [3.63, 3.8) is 0 Å². The Morgan fingerprint density at radius 1 is 1.16 bits per heavy atom. The lowest BCUT2D eigenvalue weighted by Gasteiger charge is -2.22. The summed E-state index contributed by atoms with van der Waals surface area (Å²) in [4.78, 5) is 2.05. The predicted octanol–water partition coefficient (Wildman–Crippen LogP) is 3.57. The van der Waals surface area contributed by atoms with Crippen molar-refractivity contribution < 1.29 is 4.74 Å². The fourth-order valence-electron chi connectivity index (χ4n) is 2.03. The molecule has 2 aromatic rings. The van der Waals surface area contributed by atoms with Gasteiger partial charge in [0.1, 0.15) is 5.75 Å². The van der Waals surface area contributed by atoms with Crippen LogP contribution in [0.4, 0.5) is 11.4 Å². The van der Waals surface area contributed by atoms with Crippen molar-refractivity contribution in [2.24, 2.45) is 0 Å². The topological polar surface area (TPSA) is 38.5 Å². The molecule has 0 fully saturated rings. The molecule has 4 heteroatoms. The number of nitrogen functional groups attached to an aromatic ring is 1. The lowest BCUT2D eigenvalue weighted by molar-refractivity contribution is 0.409. The third-order valence-electron chi connectivity index (χ3n) is 3.04. The summed E-state index contributed by atoms with van der Waals surface area (Å²) in [6.07, 6.45) is 0. The van der Waals surface area contributed by atoms with E-state index in [1.807, 2.05) is 43.4 Å². The van der Waals surface area contributed by atoms with E-state index >= 15 is 0 Å². The average Bonchev–Trinajstić information content (AvgIpc) is 2.42. The van der Waals surface area contributed by atoms with Crippen LogP contribution in [0.25, 0.3) is 0 Å². The van der Waals surface area contributed by atoms with Gasteiger partial charge in [0.05, 0.1) is 23.5 Å². The molecule has 0 amide bonds. The van der Waals surface area contributed by atoms with E-state index in [1.54, 1.807) is 13.2 Å². The molecule has 2 aromatic carbocycles. The first-order chi connectivity index (χ1) is 9.13. The van der Waals surface area contributed by atoms with E-state index < -0.39 is 0 Å². The second-order valence-corrected chi connectivity index (χ2v) is 4.75. The largest absolute Gasteiger partial charge is 0.496 e.